The normalized spacial score (nSPS) is 17.6. The number of benzene rings is 1. The molecule has 182 valence electrons. The van der Waals surface area contributed by atoms with Crippen LogP contribution in [0.15, 0.2) is 59.7 Å². The van der Waals surface area contributed by atoms with Crippen molar-refractivity contribution in [3.63, 3.8) is 0 Å². The van der Waals surface area contributed by atoms with Crippen molar-refractivity contribution in [1.29, 1.82) is 5.26 Å². The Bertz CT molecular complexity index is 1540. The Labute approximate surface area is 213 Å². The van der Waals surface area contributed by atoms with Crippen LogP contribution in [0.5, 0.6) is 0 Å². The summed E-state index contributed by atoms with van der Waals surface area (Å²) in [6.07, 6.45) is 6.52. The van der Waals surface area contributed by atoms with E-state index < -0.39 is 0 Å². The van der Waals surface area contributed by atoms with Gasteiger partial charge in [-0.1, -0.05) is 23.7 Å². The smallest absolute Gasteiger partial charge is 0.333 e. The minimum absolute atomic E-state index is 0.0683. The van der Waals surface area contributed by atoms with Gasteiger partial charge in [-0.25, -0.2) is 9.78 Å². The van der Waals surface area contributed by atoms with Gasteiger partial charge >= 0.3 is 5.69 Å². The van der Waals surface area contributed by atoms with Crippen molar-refractivity contribution in [1.82, 2.24) is 24.4 Å². The molecule has 1 amide bonds. The number of fused-ring (bicyclic) bond motifs is 1. The summed E-state index contributed by atoms with van der Waals surface area (Å²) in [5.74, 6) is 0.143. The lowest BCUT2D eigenvalue weighted by Gasteiger charge is -2.29. The van der Waals surface area contributed by atoms with E-state index in [4.69, 9.17) is 11.6 Å². The number of imidazole rings is 1. The fourth-order valence-electron chi connectivity index (χ4n) is 5.03. The van der Waals surface area contributed by atoms with E-state index in [0.717, 1.165) is 36.7 Å². The molecule has 0 spiro atoms. The molecule has 0 unspecified atom stereocenters. The maximum absolute atomic E-state index is 13.6. The molecule has 36 heavy (non-hydrogen) atoms. The van der Waals surface area contributed by atoms with Gasteiger partial charge in [0.1, 0.15) is 6.07 Å². The lowest BCUT2D eigenvalue weighted by molar-refractivity contribution is 0.0919. The lowest BCUT2D eigenvalue weighted by atomic mass is 9.85. The van der Waals surface area contributed by atoms with Gasteiger partial charge in [0.25, 0.3) is 5.91 Å². The van der Waals surface area contributed by atoms with Gasteiger partial charge in [0, 0.05) is 25.0 Å². The summed E-state index contributed by atoms with van der Waals surface area (Å²) < 4.78 is 3.38. The summed E-state index contributed by atoms with van der Waals surface area (Å²) in [4.78, 5) is 34.6. The van der Waals surface area contributed by atoms with E-state index >= 15 is 0 Å². The largest absolute Gasteiger partial charge is 0.349 e. The number of aryl methyl sites for hydroxylation is 1. The van der Waals surface area contributed by atoms with Crippen LogP contribution in [-0.2, 0) is 6.54 Å². The third kappa shape index (κ3) is 4.50. The Morgan fingerprint density at radius 3 is 2.64 bits per heavy atom. The third-order valence-corrected chi connectivity index (χ3v) is 7.10. The molecule has 9 heteroatoms. The lowest BCUT2D eigenvalue weighted by Crippen LogP contribution is -2.39. The standard InChI is InChI=1S/C27H25ClN6O2/c1-17-21(13-19(28)15-31-17)26(35)32-20-10-8-18(9-11-20)16-33-24-5-2-3-6-25(24)34(27(33)36)23-7-4-12-30-22(23)14-29/h2-7,12-13,15,18,20H,8-11,16H2,1H3,(H,32,35). The summed E-state index contributed by atoms with van der Waals surface area (Å²) in [5, 5.41) is 13.1. The molecular weight excluding hydrogens is 476 g/mol. The number of hydrogen-bond donors (Lipinski definition) is 1. The molecule has 1 saturated carbocycles. The number of pyridine rings is 2. The molecule has 3 heterocycles. The molecular formula is C27H25ClN6O2. The third-order valence-electron chi connectivity index (χ3n) is 6.89. The quantitative estimate of drug-likeness (QED) is 0.437. The van der Waals surface area contributed by atoms with Gasteiger partial charge in [0.2, 0.25) is 0 Å². The minimum atomic E-state index is -0.181. The summed E-state index contributed by atoms with van der Waals surface area (Å²) in [6, 6.07) is 14.9. The van der Waals surface area contributed by atoms with E-state index in [-0.39, 0.29) is 23.3 Å². The number of nitriles is 1. The minimum Gasteiger partial charge on any atom is -0.349 e. The van der Waals surface area contributed by atoms with Crippen LogP contribution in [-0.4, -0.2) is 31.1 Å². The van der Waals surface area contributed by atoms with Crippen LogP contribution in [0.2, 0.25) is 5.02 Å². The molecule has 3 aromatic heterocycles. The monoisotopic (exact) mass is 500 g/mol. The average molecular weight is 501 g/mol. The van der Waals surface area contributed by atoms with Gasteiger partial charge < -0.3 is 5.32 Å². The van der Waals surface area contributed by atoms with Crippen molar-refractivity contribution < 1.29 is 4.79 Å². The molecule has 1 N–H and O–H groups in total. The molecule has 5 rings (SSSR count). The zero-order valence-electron chi connectivity index (χ0n) is 19.8. The second kappa shape index (κ2) is 9.96. The van der Waals surface area contributed by atoms with E-state index in [1.54, 1.807) is 40.5 Å². The molecule has 1 aliphatic rings. The van der Waals surface area contributed by atoms with Crippen LogP contribution in [0.1, 0.15) is 47.4 Å². The van der Waals surface area contributed by atoms with Crippen LogP contribution >= 0.6 is 11.6 Å². The van der Waals surface area contributed by atoms with Crippen molar-refractivity contribution >= 4 is 28.5 Å². The molecule has 8 nitrogen and oxygen atoms in total. The number of halogens is 1. The van der Waals surface area contributed by atoms with Crippen molar-refractivity contribution in [2.75, 3.05) is 0 Å². The zero-order valence-corrected chi connectivity index (χ0v) is 20.6. The first-order chi connectivity index (χ1) is 17.5. The van der Waals surface area contributed by atoms with E-state index in [1.807, 2.05) is 24.3 Å². The fraction of sp³-hybridized carbons (Fsp3) is 0.296. The van der Waals surface area contributed by atoms with Crippen LogP contribution in [0, 0.1) is 24.2 Å². The number of rotatable bonds is 5. The molecule has 0 bridgehead atoms. The fourth-order valence-corrected chi connectivity index (χ4v) is 5.19. The van der Waals surface area contributed by atoms with Gasteiger partial charge in [-0.15, -0.1) is 0 Å². The topological polar surface area (TPSA) is 106 Å². The SMILES string of the molecule is Cc1ncc(Cl)cc1C(=O)NC1CCC(Cn2c(=O)n(-c3cccnc3C#N)c3ccccc32)CC1. The molecule has 0 saturated heterocycles. The van der Waals surface area contributed by atoms with Crippen molar-refractivity contribution in [3.8, 4) is 11.8 Å². The predicted molar refractivity (Wildman–Crippen MR) is 137 cm³/mol. The second-order valence-electron chi connectivity index (χ2n) is 9.18. The molecule has 1 fully saturated rings. The average Bonchev–Trinajstić information content (AvgIpc) is 3.17. The number of amides is 1. The number of nitrogens with zero attached hydrogens (tertiary/aromatic N) is 5. The first-order valence-electron chi connectivity index (χ1n) is 11.9. The summed E-state index contributed by atoms with van der Waals surface area (Å²) in [6.45, 7) is 2.37. The molecule has 1 aliphatic carbocycles. The highest BCUT2D eigenvalue weighted by Gasteiger charge is 2.26. The highest BCUT2D eigenvalue weighted by Crippen LogP contribution is 2.28. The van der Waals surface area contributed by atoms with Crippen molar-refractivity contribution in [2.24, 2.45) is 5.92 Å². The maximum atomic E-state index is 13.6. The highest BCUT2D eigenvalue weighted by atomic mass is 35.5. The molecule has 4 aromatic rings. The van der Waals surface area contributed by atoms with Crippen LogP contribution in [0.25, 0.3) is 16.7 Å². The summed E-state index contributed by atoms with van der Waals surface area (Å²) in [7, 11) is 0. The number of para-hydroxylation sites is 2. The molecule has 0 atom stereocenters. The Morgan fingerprint density at radius 2 is 1.89 bits per heavy atom. The zero-order chi connectivity index (χ0) is 25.2. The Balaban J connectivity index is 1.33. The number of carbonyl (C=O) groups excluding carboxylic acids is 1. The predicted octanol–water partition coefficient (Wildman–Crippen LogP) is 4.40. The van der Waals surface area contributed by atoms with E-state index in [1.165, 1.54) is 6.20 Å². The number of nitrogens with one attached hydrogen (secondary N) is 1. The Kier molecular flexibility index (Phi) is 6.57. The number of hydrogen-bond acceptors (Lipinski definition) is 5. The van der Waals surface area contributed by atoms with Gasteiger partial charge in [-0.3, -0.25) is 18.9 Å². The van der Waals surface area contributed by atoms with Gasteiger partial charge in [-0.05, 0) is 68.9 Å². The van der Waals surface area contributed by atoms with Crippen LogP contribution in [0.3, 0.4) is 0 Å². The van der Waals surface area contributed by atoms with Gasteiger partial charge in [-0.2, -0.15) is 5.26 Å². The number of carbonyl (C=O) groups is 1. The molecule has 1 aromatic carbocycles. The van der Waals surface area contributed by atoms with E-state index in [2.05, 4.69) is 21.4 Å². The summed E-state index contributed by atoms with van der Waals surface area (Å²) in [5.41, 5.74) is 3.24. The highest BCUT2D eigenvalue weighted by molar-refractivity contribution is 6.30. The number of aromatic nitrogens is 4. The Hall–Kier alpha value is -3.96. The van der Waals surface area contributed by atoms with Gasteiger partial charge in [0.05, 0.1) is 33.0 Å². The van der Waals surface area contributed by atoms with Crippen molar-refractivity contribution in [3.05, 3.63) is 87.3 Å². The van der Waals surface area contributed by atoms with Crippen molar-refractivity contribution in [2.45, 2.75) is 45.2 Å². The first-order valence-corrected chi connectivity index (χ1v) is 12.3. The van der Waals surface area contributed by atoms with Crippen LogP contribution < -0.4 is 11.0 Å². The van der Waals surface area contributed by atoms with Gasteiger partial charge in [0.15, 0.2) is 5.69 Å². The summed E-state index contributed by atoms with van der Waals surface area (Å²) >= 11 is 6.02. The first kappa shape index (κ1) is 23.8. The van der Waals surface area contributed by atoms with E-state index in [9.17, 15) is 14.9 Å². The molecule has 0 aliphatic heterocycles. The maximum Gasteiger partial charge on any atom is 0.333 e. The van der Waals surface area contributed by atoms with E-state index in [0.29, 0.717) is 34.4 Å². The molecule has 0 radical (unpaired) electrons. The second-order valence-corrected chi connectivity index (χ2v) is 9.61. The van der Waals surface area contributed by atoms with Crippen LogP contribution in [0.4, 0.5) is 0 Å². The Morgan fingerprint density at radius 1 is 1.14 bits per heavy atom.